The largest absolute Gasteiger partial charge is 0.467 e. The summed E-state index contributed by atoms with van der Waals surface area (Å²) in [5.41, 5.74) is 3.06. The highest BCUT2D eigenvalue weighted by Gasteiger charge is 2.36. The molecule has 0 N–H and O–H groups in total. The van der Waals surface area contributed by atoms with Crippen molar-refractivity contribution in [1.82, 2.24) is 14.8 Å². The minimum atomic E-state index is -0.260. The van der Waals surface area contributed by atoms with Crippen molar-refractivity contribution in [2.75, 3.05) is 32.7 Å². The van der Waals surface area contributed by atoms with E-state index in [1.54, 1.807) is 28.3 Å². The molecule has 2 aromatic heterocycles. The van der Waals surface area contributed by atoms with Crippen molar-refractivity contribution in [3.63, 3.8) is 0 Å². The molecule has 8 heteroatoms. The fourth-order valence-corrected chi connectivity index (χ4v) is 4.44. The van der Waals surface area contributed by atoms with Crippen LogP contribution in [0.4, 0.5) is 0 Å². The van der Waals surface area contributed by atoms with Crippen LogP contribution in [0, 0.1) is 13.8 Å². The molecule has 0 spiro atoms. The summed E-state index contributed by atoms with van der Waals surface area (Å²) in [7, 11) is 0. The molecule has 0 bridgehead atoms. The summed E-state index contributed by atoms with van der Waals surface area (Å²) >= 11 is 0. The average molecular weight is 461 g/mol. The highest BCUT2D eigenvalue weighted by atomic mass is 16.4. The lowest BCUT2D eigenvalue weighted by molar-refractivity contribution is -0.134. The third-order valence-electron chi connectivity index (χ3n) is 6.39. The molecule has 2 aliphatic rings. The fraction of sp³-hybridized carbons (Fsp3) is 0.346. The smallest absolute Gasteiger partial charge is 0.289 e. The van der Waals surface area contributed by atoms with Gasteiger partial charge in [-0.1, -0.05) is 29.8 Å². The Balaban J connectivity index is 1.25. The zero-order valence-corrected chi connectivity index (χ0v) is 19.4. The first-order valence-electron chi connectivity index (χ1n) is 11.6. The second-order valence-corrected chi connectivity index (χ2v) is 8.87. The summed E-state index contributed by atoms with van der Waals surface area (Å²) in [5.74, 6) is 1.62. The van der Waals surface area contributed by atoms with Gasteiger partial charge in [0, 0.05) is 32.6 Å². The zero-order chi connectivity index (χ0) is 23.7. The summed E-state index contributed by atoms with van der Waals surface area (Å²) in [6.45, 7) is 6.43. The second-order valence-electron chi connectivity index (χ2n) is 8.87. The van der Waals surface area contributed by atoms with Gasteiger partial charge in [0.15, 0.2) is 5.76 Å². The Kier molecular flexibility index (Phi) is 6.06. The first-order valence-corrected chi connectivity index (χ1v) is 11.6. The summed E-state index contributed by atoms with van der Waals surface area (Å²) < 4.78 is 11.1. The molecule has 0 radical (unpaired) electrons. The Hall–Kier alpha value is -3.65. The van der Waals surface area contributed by atoms with Crippen molar-refractivity contribution in [3.8, 4) is 0 Å². The molecule has 34 heavy (non-hydrogen) atoms. The maximum Gasteiger partial charge on any atom is 0.289 e. The number of benzene rings is 1. The quantitative estimate of drug-likeness (QED) is 0.581. The van der Waals surface area contributed by atoms with E-state index in [4.69, 9.17) is 13.9 Å². The number of hydrogen-bond donors (Lipinski definition) is 0. The molecule has 1 unspecified atom stereocenters. The number of hydrogen-bond acceptors (Lipinski definition) is 6. The van der Waals surface area contributed by atoms with E-state index in [0.29, 0.717) is 38.4 Å². The number of nitrogens with zero attached hydrogens (tertiary/aromatic N) is 4. The van der Waals surface area contributed by atoms with Crippen LogP contribution >= 0.6 is 0 Å². The van der Waals surface area contributed by atoms with Crippen LogP contribution in [0.15, 0.2) is 68.7 Å². The maximum absolute atomic E-state index is 13.3. The van der Waals surface area contributed by atoms with Crippen molar-refractivity contribution >= 4 is 17.5 Å². The van der Waals surface area contributed by atoms with Gasteiger partial charge < -0.3 is 13.7 Å². The van der Waals surface area contributed by atoms with E-state index >= 15 is 0 Å². The number of furan rings is 2. The van der Waals surface area contributed by atoms with Crippen LogP contribution < -0.4 is 0 Å². The molecule has 5 rings (SSSR count). The number of carbonyl (C=O) groups is 2. The second kappa shape index (κ2) is 9.30. The predicted octanol–water partition coefficient (Wildman–Crippen LogP) is 3.63. The molecular formula is C26H28N4O4. The molecule has 4 heterocycles. The molecule has 176 valence electrons. The first-order chi connectivity index (χ1) is 16.5. The highest BCUT2D eigenvalue weighted by Crippen LogP contribution is 2.33. The monoisotopic (exact) mass is 460 g/mol. The Morgan fingerprint density at radius 1 is 1.00 bits per heavy atom. The van der Waals surface area contributed by atoms with Gasteiger partial charge in [-0.15, -0.1) is 0 Å². The zero-order valence-electron chi connectivity index (χ0n) is 19.4. The molecule has 2 amide bonds. The van der Waals surface area contributed by atoms with Gasteiger partial charge in [-0.05, 0) is 43.7 Å². The van der Waals surface area contributed by atoms with E-state index in [-0.39, 0.29) is 24.4 Å². The highest BCUT2D eigenvalue weighted by molar-refractivity contribution is 6.03. The first kappa shape index (κ1) is 22.2. The molecule has 3 aromatic rings. The van der Waals surface area contributed by atoms with Gasteiger partial charge in [0.1, 0.15) is 17.6 Å². The lowest BCUT2D eigenvalue weighted by atomic mass is 10.0. The van der Waals surface area contributed by atoms with Gasteiger partial charge >= 0.3 is 0 Å². The average Bonchev–Trinajstić information content (AvgIpc) is 3.60. The van der Waals surface area contributed by atoms with Crippen molar-refractivity contribution in [2.45, 2.75) is 26.3 Å². The van der Waals surface area contributed by atoms with Gasteiger partial charge in [0.05, 0.1) is 18.5 Å². The Morgan fingerprint density at radius 2 is 1.76 bits per heavy atom. The van der Waals surface area contributed by atoms with E-state index in [1.807, 2.05) is 38.1 Å². The molecule has 1 atom stereocenters. The van der Waals surface area contributed by atoms with Crippen molar-refractivity contribution in [2.24, 2.45) is 5.10 Å². The summed E-state index contributed by atoms with van der Waals surface area (Å²) in [5, 5.41) is 6.28. The number of aryl methyl sites for hydroxylation is 2. The normalized spacial score (nSPS) is 18.9. The third kappa shape index (κ3) is 4.54. The van der Waals surface area contributed by atoms with Crippen molar-refractivity contribution in [3.05, 3.63) is 83.2 Å². The molecule has 1 aromatic carbocycles. The van der Waals surface area contributed by atoms with E-state index in [1.165, 1.54) is 5.56 Å². The summed E-state index contributed by atoms with van der Waals surface area (Å²) in [4.78, 5) is 29.8. The van der Waals surface area contributed by atoms with Crippen LogP contribution in [0.3, 0.4) is 0 Å². The molecule has 2 aliphatic heterocycles. The van der Waals surface area contributed by atoms with Crippen LogP contribution in [-0.2, 0) is 4.79 Å². The van der Waals surface area contributed by atoms with Crippen molar-refractivity contribution < 1.29 is 18.4 Å². The van der Waals surface area contributed by atoms with Crippen LogP contribution in [0.5, 0.6) is 0 Å². The number of hydrazone groups is 1. The van der Waals surface area contributed by atoms with E-state index < -0.39 is 0 Å². The molecule has 8 nitrogen and oxygen atoms in total. The lowest BCUT2D eigenvalue weighted by Gasteiger charge is -2.34. The van der Waals surface area contributed by atoms with E-state index in [9.17, 15) is 9.59 Å². The van der Waals surface area contributed by atoms with Crippen LogP contribution in [0.25, 0.3) is 0 Å². The molecule has 0 aliphatic carbocycles. The number of amides is 2. The SMILES string of the molecule is Cc1ccc(C2=NN(C(=O)CN3CCN(C(=O)c4ccc(C)o4)CC3)C(c3ccco3)C2)cc1. The summed E-state index contributed by atoms with van der Waals surface area (Å²) in [6.07, 6.45) is 2.23. The number of carbonyl (C=O) groups excluding carboxylic acids is 2. The van der Waals surface area contributed by atoms with Gasteiger partial charge in [-0.3, -0.25) is 14.5 Å². The van der Waals surface area contributed by atoms with E-state index in [2.05, 4.69) is 17.0 Å². The number of piperazine rings is 1. The van der Waals surface area contributed by atoms with Gasteiger partial charge in [0.25, 0.3) is 11.8 Å². The minimum Gasteiger partial charge on any atom is -0.467 e. The Labute approximate surface area is 198 Å². The molecule has 1 saturated heterocycles. The topological polar surface area (TPSA) is 82.5 Å². The van der Waals surface area contributed by atoms with Crippen LogP contribution in [0.1, 0.15) is 45.7 Å². The maximum atomic E-state index is 13.3. The molecule has 0 saturated carbocycles. The minimum absolute atomic E-state index is 0.0788. The standard InChI is InChI=1S/C26H28N4O4/c1-18-5-8-20(9-6-18)21-16-22(23-4-3-15-33-23)30(27-21)25(31)17-28-11-13-29(14-12-28)26(32)24-10-7-19(2)34-24/h3-10,15,22H,11-14,16-17H2,1-2H3. The van der Waals surface area contributed by atoms with Crippen molar-refractivity contribution in [1.29, 1.82) is 0 Å². The Bertz CT molecular complexity index is 1190. The fourth-order valence-electron chi connectivity index (χ4n) is 4.44. The number of rotatable bonds is 5. The van der Waals surface area contributed by atoms with Gasteiger partial charge in [0.2, 0.25) is 0 Å². The summed E-state index contributed by atoms with van der Waals surface area (Å²) in [6, 6.07) is 15.1. The van der Waals surface area contributed by atoms with Crippen LogP contribution in [-0.4, -0.2) is 65.1 Å². The third-order valence-corrected chi connectivity index (χ3v) is 6.39. The van der Waals surface area contributed by atoms with Gasteiger partial charge in [-0.25, -0.2) is 5.01 Å². The van der Waals surface area contributed by atoms with Crippen LogP contribution in [0.2, 0.25) is 0 Å². The van der Waals surface area contributed by atoms with Gasteiger partial charge in [-0.2, -0.15) is 5.10 Å². The lowest BCUT2D eigenvalue weighted by Crippen LogP contribution is -2.51. The predicted molar refractivity (Wildman–Crippen MR) is 126 cm³/mol. The molecule has 1 fully saturated rings. The Morgan fingerprint density at radius 3 is 2.41 bits per heavy atom. The van der Waals surface area contributed by atoms with E-state index in [0.717, 1.165) is 22.8 Å². The molecular weight excluding hydrogens is 432 g/mol.